The van der Waals surface area contributed by atoms with Gasteiger partial charge in [0.2, 0.25) is 0 Å². The Labute approximate surface area is 73.3 Å². The summed E-state index contributed by atoms with van der Waals surface area (Å²) in [6, 6.07) is 0. The minimum Gasteiger partial charge on any atom is -0.300 e. The van der Waals surface area contributed by atoms with Crippen LogP contribution in [0.2, 0.25) is 0 Å². The van der Waals surface area contributed by atoms with E-state index in [9.17, 15) is 9.59 Å². The predicted octanol–water partition coefficient (Wildman–Crippen LogP) is 1.97. The van der Waals surface area contributed by atoms with Crippen LogP contribution < -0.4 is 0 Å². The van der Waals surface area contributed by atoms with Crippen LogP contribution in [0.4, 0.5) is 0 Å². The Morgan fingerprint density at radius 1 is 1.50 bits per heavy atom. The number of carbonyl (C=O) groups excluding carboxylic acids is 2. The second-order valence-corrected chi connectivity index (χ2v) is 4.60. The molecular weight excluding hydrogens is 152 g/mol. The van der Waals surface area contributed by atoms with E-state index in [4.69, 9.17) is 0 Å². The third kappa shape index (κ3) is 2.16. The van der Waals surface area contributed by atoms with Crippen LogP contribution in [0.3, 0.4) is 0 Å². The van der Waals surface area contributed by atoms with Gasteiger partial charge in [0.25, 0.3) is 0 Å². The quantitative estimate of drug-likeness (QED) is 0.600. The molecule has 1 atom stereocenters. The van der Waals surface area contributed by atoms with Crippen LogP contribution in [-0.4, -0.2) is 11.6 Å². The monoisotopic (exact) mass is 168 g/mol. The lowest BCUT2D eigenvalue weighted by Crippen LogP contribution is -2.32. The van der Waals surface area contributed by atoms with E-state index >= 15 is 0 Å². The number of ketones is 2. The zero-order valence-electron chi connectivity index (χ0n) is 8.02. The van der Waals surface area contributed by atoms with Gasteiger partial charge in [0.05, 0.1) is 0 Å². The molecule has 0 aliphatic heterocycles. The van der Waals surface area contributed by atoms with Gasteiger partial charge in [0.15, 0.2) is 0 Å². The van der Waals surface area contributed by atoms with E-state index in [2.05, 4.69) is 13.8 Å². The van der Waals surface area contributed by atoms with Crippen molar-refractivity contribution >= 4 is 11.6 Å². The van der Waals surface area contributed by atoms with Crippen molar-refractivity contribution in [1.29, 1.82) is 0 Å². The molecule has 2 heteroatoms. The fraction of sp³-hybridized carbons (Fsp3) is 0.800. The molecule has 0 bridgehead atoms. The smallest absolute Gasteiger partial charge is 0.134 e. The largest absolute Gasteiger partial charge is 0.300 e. The molecular formula is C10H16O2. The number of hydrogen-bond donors (Lipinski definition) is 0. The Hall–Kier alpha value is -0.660. The Bertz CT molecular complexity index is 216. The third-order valence-electron chi connectivity index (χ3n) is 2.52. The maximum Gasteiger partial charge on any atom is 0.134 e. The molecule has 0 saturated heterocycles. The van der Waals surface area contributed by atoms with Crippen LogP contribution in [0.1, 0.15) is 40.0 Å². The second-order valence-electron chi connectivity index (χ2n) is 4.60. The summed E-state index contributed by atoms with van der Waals surface area (Å²) >= 11 is 0. The first-order chi connectivity index (χ1) is 5.41. The summed E-state index contributed by atoms with van der Waals surface area (Å²) in [5.74, 6) is 0.392. The van der Waals surface area contributed by atoms with Crippen molar-refractivity contribution in [2.75, 3.05) is 0 Å². The van der Waals surface area contributed by atoms with Gasteiger partial charge in [0, 0.05) is 18.8 Å². The van der Waals surface area contributed by atoms with Gasteiger partial charge in [-0.1, -0.05) is 13.8 Å². The summed E-state index contributed by atoms with van der Waals surface area (Å²) in [6.07, 6.45) is 1.98. The van der Waals surface area contributed by atoms with Crippen LogP contribution in [-0.2, 0) is 9.59 Å². The molecule has 1 saturated carbocycles. The van der Waals surface area contributed by atoms with Crippen molar-refractivity contribution < 1.29 is 9.59 Å². The molecule has 1 aliphatic carbocycles. The first-order valence-corrected chi connectivity index (χ1v) is 4.43. The average molecular weight is 168 g/mol. The van der Waals surface area contributed by atoms with Gasteiger partial charge in [-0.15, -0.1) is 0 Å². The van der Waals surface area contributed by atoms with Crippen molar-refractivity contribution in [3.05, 3.63) is 0 Å². The van der Waals surface area contributed by atoms with Crippen LogP contribution in [0, 0.1) is 11.3 Å². The lowest BCUT2D eigenvalue weighted by Gasteiger charge is -2.32. The highest BCUT2D eigenvalue weighted by Crippen LogP contribution is 2.36. The molecule has 0 aromatic rings. The van der Waals surface area contributed by atoms with Crippen molar-refractivity contribution in [3.8, 4) is 0 Å². The molecule has 0 radical (unpaired) electrons. The number of Topliss-reactive ketones (excluding diaryl/α,β-unsaturated/α-hetero) is 2. The third-order valence-corrected chi connectivity index (χ3v) is 2.52. The van der Waals surface area contributed by atoms with Gasteiger partial charge < -0.3 is 0 Å². The zero-order chi connectivity index (χ0) is 9.35. The normalized spacial score (nSPS) is 28.6. The van der Waals surface area contributed by atoms with Crippen LogP contribution in [0.15, 0.2) is 0 Å². The van der Waals surface area contributed by atoms with Crippen molar-refractivity contribution in [2.24, 2.45) is 11.3 Å². The van der Waals surface area contributed by atoms with Crippen LogP contribution in [0.25, 0.3) is 0 Å². The van der Waals surface area contributed by atoms with E-state index in [1.807, 2.05) is 0 Å². The molecule has 0 spiro atoms. The van der Waals surface area contributed by atoms with Gasteiger partial charge >= 0.3 is 0 Å². The number of carbonyl (C=O) groups is 2. The molecule has 0 aromatic carbocycles. The molecule has 12 heavy (non-hydrogen) atoms. The maximum atomic E-state index is 11.2. The lowest BCUT2D eigenvalue weighted by atomic mass is 9.70. The summed E-state index contributed by atoms with van der Waals surface area (Å²) < 4.78 is 0. The van der Waals surface area contributed by atoms with Crippen LogP contribution >= 0.6 is 0 Å². The fourth-order valence-electron chi connectivity index (χ4n) is 1.98. The van der Waals surface area contributed by atoms with E-state index in [0.29, 0.717) is 12.8 Å². The Morgan fingerprint density at radius 3 is 2.50 bits per heavy atom. The fourth-order valence-corrected chi connectivity index (χ4v) is 1.98. The van der Waals surface area contributed by atoms with Crippen molar-refractivity contribution in [1.82, 2.24) is 0 Å². The summed E-state index contributed by atoms with van der Waals surface area (Å²) in [5.41, 5.74) is 0.0334. The van der Waals surface area contributed by atoms with Gasteiger partial charge in [-0.3, -0.25) is 9.59 Å². The predicted molar refractivity (Wildman–Crippen MR) is 46.8 cm³/mol. The van der Waals surface area contributed by atoms with Gasteiger partial charge in [-0.25, -0.2) is 0 Å². The molecule has 2 nitrogen and oxygen atoms in total. The molecule has 0 N–H and O–H groups in total. The highest BCUT2D eigenvalue weighted by molar-refractivity contribution is 5.88. The van der Waals surface area contributed by atoms with Crippen molar-refractivity contribution in [3.63, 3.8) is 0 Å². The minimum absolute atomic E-state index is 0.0127. The molecule has 68 valence electrons. The zero-order valence-corrected chi connectivity index (χ0v) is 8.02. The van der Waals surface area contributed by atoms with E-state index in [1.165, 1.54) is 0 Å². The Kier molecular flexibility index (Phi) is 2.36. The summed E-state index contributed by atoms with van der Waals surface area (Å²) in [6.45, 7) is 5.69. The number of hydrogen-bond acceptors (Lipinski definition) is 2. The molecule has 0 aromatic heterocycles. The minimum atomic E-state index is -0.0127. The first kappa shape index (κ1) is 9.43. The molecule has 1 aliphatic rings. The van der Waals surface area contributed by atoms with Gasteiger partial charge in [0.1, 0.15) is 11.6 Å². The molecule has 0 heterocycles. The van der Waals surface area contributed by atoms with E-state index < -0.39 is 0 Å². The molecule has 1 unspecified atom stereocenters. The second kappa shape index (κ2) is 3.00. The average Bonchev–Trinajstić information content (AvgIpc) is 1.82. The Balaban J connectivity index is 2.70. The van der Waals surface area contributed by atoms with Crippen molar-refractivity contribution in [2.45, 2.75) is 40.0 Å². The topological polar surface area (TPSA) is 34.1 Å². The van der Waals surface area contributed by atoms with E-state index in [1.54, 1.807) is 6.92 Å². The van der Waals surface area contributed by atoms with Crippen LogP contribution in [0.5, 0.6) is 0 Å². The first-order valence-electron chi connectivity index (χ1n) is 4.43. The van der Waals surface area contributed by atoms with Gasteiger partial charge in [-0.2, -0.15) is 0 Å². The SMILES string of the molecule is CC(=O)C1CC(=O)CC(C)(C)C1. The van der Waals surface area contributed by atoms with Gasteiger partial charge in [-0.05, 0) is 18.8 Å². The molecule has 0 amide bonds. The highest BCUT2D eigenvalue weighted by atomic mass is 16.1. The highest BCUT2D eigenvalue weighted by Gasteiger charge is 2.34. The summed E-state index contributed by atoms with van der Waals surface area (Å²) in [4.78, 5) is 22.3. The summed E-state index contributed by atoms with van der Waals surface area (Å²) in [7, 11) is 0. The lowest BCUT2D eigenvalue weighted by molar-refractivity contribution is -0.132. The number of rotatable bonds is 1. The molecule has 1 fully saturated rings. The maximum absolute atomic E-state index is 11.2. The molecule has 1 rings (SSSR count). The summed E-state index contributed by atoms with van der Waals surface area (Å²) in [5, 5.41) is 0. The standard InChI is InChI=1S/C10H16O2/c1-7(11)8-4-9(12)6-10(2,3)5-8/h8H,4-6H2,1-3H3. The van der Waals surface area contributed by atoms with E-state index in [0.717, 1.165) is 6.42 Å². The Morgan fingerprint density at radius 2 is 2.08 bits per heavy atom. The van der Waals surface area contributed by atoms with E-state index in [-0.39, 0.29) is 22.9 Å².